The fourth-order valence-corrected chi connectivity index (χ4v) is 2.35. The minimum atomic E-state index is -0.715. The molecule has 0 aliphatic rings. The third-order valence-electron chi connectivity index (χ3n) is 2.75. The van der Waals surface area contributed by atoms with Crippen molar-refractivity contribution in [3.63, 3.8) is 0 Å². The summed E-state index contributed by atoms with van der Waals surface area (Å²) < 4.78 is 1.08. The molecule has 0 radical (unpaired) electrons. The summed E-state index contributed by atoms with van der Waals surface area (Å²) in [5, 5.41) is 21.4. The van der Waals surface area contributed by atoms with Gasteiger partial charge < -0.3 is 15.5 Å². The molecular formula is C13H20BrNO2. The molecular weight excluding hydrogens is 282 g/mol. The quantitative estimate of drug-likeness (QED) is 0.756. The van der Waals surface area contributed by atoms with Crippen molar-refractivity contribution in [2.24, 2.45) is 0 Å². The van der Waals surface area contributed by atoms with Crippen LogP contribution in [-0.4, -0.2) is 29.5 Å². The van der Waals surface area contributed by atoms with Crippen LogP contribution in [0.1, 0.15) is 25.0 Å². The molecule has 1 rings (SSSR count). The lowest BCUT2D eigenvalue weighted by atomic mass is 10.0. The minimum absolute atomic E-state index is 0.216. The van der Waals surface area contributed by atoms with E-state index in [4.69, 9.17) is 5.11 Å². The largest absolute Gasteiger partial charge is 0.394 e. The standard InChI is InChI=1S/C13H20BrNO2/c1-3-9-5-11(14)6-10(4-2)13(9)15-7-12(17)8-16/h5-6,12,15-17H,3-4,7-8H2,1-2H3. The molecule has 0 spiro atoms. The molecule has 1 aromatic carbocycles. The van der Waals surface area contributed by atoms with Crippen LogP contribution in [0.4, 0.5) is 5.69 Å². The molecule has 0 aliphatic carbocycles. The van der Waals surface area contributed by atoms with E-state index in [0.717, 1.165) is 23.0 Å². The van der Waals surface area contributed by atoms with Gasteiger partial charge in [0.2, 0.25) is 0 Å². The molecule has 0 aromatic heterocycles. The maximum atomic E-state index is 9.38. The van der Waals surface area contributed by atoms with Gasteiger partial charge in [0.15, 0.2) is 0 Å². The first kappa shape index (κ1) is 14.5. The Labute approximate surface area is 111 Å². The van der Waals surface area contributed by atoms with Crippen molar-refractivity contribution in [3.8, 4) is 0 Å². The smallest absolute Gasteiger partial charge is 0.0942 e. The van der Waals surface area contributed by atoms with E-state index in [0.29, 0.717) is 6.54 Å². The maximum absolute atomic E-state index is 9.38. The fourth-order valence-electron chi connectivity index (χ4n) is 1.79. The predicted molar refractivity (Wildman–Crippen MR) is 74.5 cm³/mol. The van der Waals surface area contributed by atoms with Crippen molar-refractivity contribution >= 4 is 21.6 Å². The molecule has 4 heteroatoms. The van der Waals surface area contributed by atoms with E-state index in [1.165, 1.54) is 11.1 Å². The molecule has 0 amide bonds. The van der Waals surface area contributed by atoms with E-state index in [1.54, 1.807) is 0 Å². The molecule has 0 saturated heterocycles. The molecule has 17 heavy (non-hydrogen) atoms. The Morgan fingerprint density at radius 1 is 1.24 bits per heavy atom. The molecule has 0 bridgehead atoms. The van der Waals surface area contributed by atoms with Crippen LogP contribution in [-0.2, 0) is 12.8 Å². The van der Waals surface area contributed by atoms with E-state index in [-0.39, 0.29) is 6.61 Å². The maximum Gasteiger partial charge on any atom is 0.0942 e. The highest BCUT2D eigenvalue weighted by Crippen LogP contribution is 2.27. The molecule has 0 heterocycles. The van der Waals surface area contributed by atoms with Crippen LogP contribution >= 0.6 is 15.9 Å². The van der Waals surface area contributed by atoms with Crippen molar-refractivity contribution in [2.75, 3.05) is 18.5 Å². The summed E-state index contributed by atoms with van der Waals surface area (Å²) in [5.74, 6) is 0. The number of aliphatic hydroxyl groups excluding tert-OH is 2. The number of aryl methyl sites for hydroxylation is 2. The van der Waals surface area contributed by atoms with Crippen LogP contribution in [0.2, 0.25) is 0 Å². The van der Waals surface area contributed by atoms with E-state index in [9.17, 15) is 5.11 Å². The number of halogens is 1. The lowest BCUT2D eigenvalue weighted by Gasteiger charge is -2.17. The number of anilines is 1. The number of nitrogens with one attached hydrogen (secondary N) is 1. The lowest BCUT2D eigenvalue weighted by Crippen LogP contribution is -2.24. The number of hydrogen-bond acceptors (Lipinski definition) is 3. The lowest BCUT2D eigenvalue weighted by molar-refractivity contribution is 0.105. The van der Waals surface area contributed by atoms with Crippen LogP contribution in [0, 0.1) is 0 Å². The highest BCUT2D eigenvalue weighted by Gasteiger charge is 2.09. The van der Waals surface area contributed by atoms with Gasteiger partial charge in [-0.3, -0.25) is 0 Å². The Morgan fingerprint density at radius 2 is 1.76 bits per heavy atom. The molecule has 0 saturated carbocycles. The van der Waals surface area contributed by atoms with Gasteiger partial charge in [-0.25, -0.2) is 0 Å². The van der Waals surface area contributed by atoms with Crippen LogP contribution in [0.5, 0.6) is 0 Å². The summed E-state index contributed by atoms with van der Waals surface area (Å²) in [6.07, 6.45) is 1.15. The highest BCUT2D eigenvalue weighted by molar-refractivity contribution is 9.10. The van der Waals surface area contributed by atoms with Gasteiger partial charge in [0.1, 0.15) is 0 Å². The zero-order valence-electron chi connectivity index (χ0n) is 10.3. The van der Waals surface area contributed by atoms with Crippen LogP contribution in [0.15, 0.2) is 16.6 Å². The second-order valence-electron chi connectivity index (χ2n) is 4.02. The monoisotopic (exact) mass is 301 g/mol. The third kappa shape index (κ3) is 3.98. The Hall–Kier alpha value is -0.580. The van der Waals surface area contributed by atoms with Gasteiger partial charge >= 0.3 is 0 Å². The van der Waals surface area contributed by atoms with Gasteiger partial charge in [-0.05, 0) is 36.1 Å². The van der Waals surface area contributed by atoms with E-state index < -0.39 is 6.10 Å². The number of rotatable bonds is 6. The first-order valence-corrected chi connectivity index (χ1v) is 6.75. The molecule has 0 fully saturated rings. The van der Waals surface area contributed by atoms with Gasteiger partial charge in [0.25, 0.3) is 0 Å². The summed E-state index contributed by atoms with van der Waals surface area (Å²) in [5.41, 5.74) is 3.54. The van der Waals surface area contributed by atoms with Gasteiger partial charge in [0, 0.05) is 16.7 Å². The summed E-state index contributed by atoms with van der Waals surface area (Å²) in [6, 6.07) is 4.18. The molecule has 96 valence electrons. The zero-order valence-corrected chi connectivity index (χ0v) is 11.9. The molecule has 1 unspecified atom stereocenters. The van der Waals surface area contributed by atoms with E-state index in [2.05, 4.69) is 47.2 Å². The second-order valence-corrected chi connectivity index (χ2v) is 4.94. The van der Waals surface area contributed by atoms with Crippen molar-refractivity contribution in [1.82, 2.24) is 0 Å². The number of hydrogen-bond donors (Lipinski definition) is 3. The Morgan fingerprint density at radius 3 is 2.18 bits per heavy atom. The number of benzene rings is 1. The molecule has 3 nitrogen and oxygen atoms in total. The predicted octanol–water partition coefficient (Wildman–Crippen LogP) is 2.34. The van der Waals surface area contributed by atoms with E-state index in [1.807, 2.05) is 0 Å². The summed E-state index contributed by atoms with van der Waals surface area (Å²) in [4.78, 5) is 0. The zero-order chi connectivity index (χ0) is 12.8. The molecule has 3 N–H and O–H groups in total. The van der Waals surface area contributed by atoms with Crippen LogP contribution in [0.25, 0.3) is 0 Å². The number of aliphatic hydroxyl groups is 2. The Balaban J connectivity index is 2.94. The SMILES string of the molecule is CCc1cc(Br)cc(CC)c1NCC(O)CO. The summed E-state index contributed by atoms with van der Waals surface area (Å²) >= 11 is 3.51. The fraction of sp³-hybridized carbons (Fsp3) is 0.538. The Kier molecular flexibility index (Phi) is 5.95. The van der Waals surface area contributed by atoms with Crippen LogP contribution in [0.3, 0.4) is 0 Å². The van der Waals surface area contributed by atoms with Gasteiger partial charge in [-0.2, -0.15) is 0 Å². The van der Waals surface area contributed by atoms with Crippen molar-refractivity contribution < 1.29 is 10.2 Å². The summed E-state index contributed by atoms with van der Waals surface area (Å²) in [7, 11) is 0. The first-order chi connectivity index (χ1) is 8.12. The van der Waals surface area contributed by atoms with Gasteiger partial charge in [0.05, 0.1) is 12.7 Å². The van der Waals surface area contributed by atoms with Crippen molar-refractivity contribution in [2.45, 2.75) is 32.8 Å². The normalized spacial score (nSPS) is 12.5. The minimum Gasteiger partial charge on any atom is -0.394 e. The van der Waals surface area contributed by atoms with Crippen molar-refractivity contribution in [3.05, 3.63) is 27.7 Å². The highest BCUT2D eigenvalue weighted by atomic mass is 79.9. The molecule has 0 aliphatic heterocycles. The van der Waals surface area contributed by atoms with Crippen LogP contribution < -0.4 is 5.32 Å². The summed E-state index contributed by atoms with van der Waals surface area (Å²) in [6.45, 7) is 4.37. The van der Waals surface area contributed by atoms with Gasteiger partial charge in [-0.15, -0.1) is 0 Å². The second kappa shape index (κ2) is 6.99. The third-order valence-corrected chi connectivity index (χ3v) is 3.21. The molecule has 1 atom stereocenters. The van der Waals surface area contributed by atoms with E-state index >= 15 is 0 Å². The van der Waals surface area contributed by atoms with Gasteiger partial charge in [-0.1, -0.05) is 29.8 Å². The van der Waals surface area contributed by atoms with Crippen molar-refractivity contribution in [1.29, 1.82) is 0 Å². The average Bonchev–Trinajstić information content (AvgIpc) is 2.35. The Bertz CT molecular complexity index is 343. The molecule has 1 aromatic rings. The average molecular weight is 302 g/mol. The first-order valence-electron chi connectivity index (χ1n) is 5.96. The topological polar surface area (TPSA) is 52.5 Å².